The molecule has 0 bridgehead atoms. The first-order valence-electron chi connectivity index (χ1n) is 7.08. The number of aliphatic hydroxyl groups is 1. The topological polar surface area (TPSA) is 37.5 Å². The van der Waals surface area contributed by atoms with Crippen LogP contribution in [0.15, 0.2) is 23.2 Å². The molecule has 1 aliphatic carbocycles. The van der Waals surface area contributed by atoms with E-state index in [2.05, 4.69) is 34.7 Å². The van der Waals surface area contributed by atoms with E-state index in [4.69, 9.17) is 0 Å². The third-order valence-electron chi connectivity index (χ3n) is 4.39. The van der Waals surface area contributed by atoms with E-state index in [-0.39, 0.29) is 6.10 Å². The Bertz CT molecular complexity index is 696. The number of aryl methyl sites for hydroxylation is 2. The van der Waals surface area contributed by atoms with Gasteiger partial charge in [0.2, 0.25) is 0 Å². The van der Waals surface area contributed by atoms with Crippen molar-refractivity contribution in [2.24, 2.45) is 4.99 Å². The number of rotatable bonds is 0. The molecule has 1 atom stereocenters. The molecule has 2 heterocycles. The lowest BCUT2D eigenvalue weighted by Crippen LogP contribution is -2.19. The standard InChI is InChI=1S/C16H18N2O/c1-10-4-2-5-12-13-6-3-7-14-16(13)18(15(10)12)9-11(19)8-17-14/h2,4-5,11,19H,3,6-9H2,1H3/t11-/m1/s1. The van der Waals surface area contributed by atoms with Crippen LogP contribution in [0.25, 0.3) is 10.9 Å². The zero-order valence-electron chi connectivity index (χ0n) is 11.2. The van der Waals surface area contributed by atoms with Gasteiger partial charge in [0, 0.05) is 5.39 Å². The second-order valence-electron chi connectivity index (χ2n) is 5.70. The molecule has 0 fully saturated rings. The average molecular weight is 254 g/mol. The molecule has 0 unspecified atom stereocenters. The first-order chi connectivity index (χ1) is 9.25. The van der Waals surface area contributed by atoms with Crippen LogP contribution in [0.2, 0.25) is 0 Å². The number of aromatic nitrogens is 1. The van der Waals surface area contributed by atoms with Crippen LogP contribution in [0.1, 0.15) is 29.7 Å². The molecule has 3 heteroatoms. The second kappa shape index (κ2) is 3.94. The Morgan fingerprint density at radius 3 is 3.11 bits per heavy atom. The fourth-order valence-corrected chi connectivity index (χ4v) is 3.62. The van der Waals surface area contributed by atoms with Gasteiger partial charge < -0.3 is 9.67 Å². The third kappa shape index (κ3) is 1.51. The number of nitrogens with zero attached hydrogens (tertiary/aromatic N) is 2. The van der Waals surface area contributed by atoms with Gasteiger partial charge in [0.25, 0.3) is 0 Å². The smallest absolute Gasteiger partial charge is 0.0914 e. The maximum Gasteiger partial charge on any atom is 0.0914 e. The number of para-hydroxylation sites is 1. The van der Waals surface area contributed by atoms with Crippen molar-refractivity contribution >= 4 is 16.6 Å². The Kier molecular flexibility index (Phi) is 2.33. The van der Waals surface area contributed by atoms with Gasteiger partial charge >= 0.3 is 0 Å². The van der Waals surface area contributed by atoms with Crippen molar-refractivity contribution in [3.8, 4) is 0 Å². The normalized spacial score (nSPS) is 22.0. The van der Waals surface area contributed by atoms with E-state index in [0.717, 1.165) is 12.8 Å². The van der Waals surface area contributed by atoms with Gasteiger partial charge in [0.1, 0.15) is 0 Å². The summed E-state index contributed by atoms with van der Waals surface area (Å²) >= 11 is 0. The van der Waals surface area contributed by atoms with E-state index in [1.165, 1.54) is 39.9 Å². The van der Waals surface area contributed by atoms with Gasteiger partial charge in [-0.1, -0.05) is 18.2 Å². The van der Waals surface area contributed by atoms with Crippen LogP contribution in [0.5, 0.6) is 0 Å². The van der Waals surface area contributed by atoms with Crippen molar-refractivity contribution in [1.82, 2.24) is 4.57 Å². The lowest BCUT2D eigenvalue weighted by molar-refractivity contribution is 0.166. The number of hydrogen-bond acceptors (Lipinski definition) is 2. The summed E-state index contributed by atoms with van der Waals surface area (Å²) in [6.45, 7) is 3.37. The Labute approximate surface area is 112 Å². The van der Waals surface area contributed by atoms with Crippen molar-refractivity contribution in [1.29, 1.82) is 0 Å². The lowest BCUT2D eigenvalue weighted by atomic mass is 9.93. The first-order valence-corrected chi connectivity index (χ1v) is 7.08. The van der Waals surface area contributed by atoms with E-state index in [0.29, 0.717) is 13.1 Å². The molecule has 3 nitrogen and oxygen atoms in total. The Hall–Kier alpha value is -1.61. The minimum atomic E-state index is -0.364. The molecule has 2 aliphatic rings. The van der Waals surface area contributed by atoms with E-state index >= 15 is 0 Å². The fourth-order valence-electron chi connectivity index (χ4n) is 3.62. The SMILES string of the molecule is Cc1cccc2c3c4n(c12)C[C@H](O)CN=C4CCC3. The van der Waals surface area contributed by atoms with Crippen LogP contribution in [0.3, 0.4) is 0 Å². The highest BCUT2D eigenvalue weighted by molar-refractivity contribution is 6.07. The minimum Gasteiger partial charge on any atom is -0.389 e. The summed E-state index contributed by atoms with van der Waals surface area (Å²) in [6, 6.07) is 6.51. The average Bonchev–Trinajstić information content (AvgIpc) is 2.62. The van der Waals surface area contributed by atoms with Crippen LogP contribution in [0, 0.1) is 6.92 Å². The number of aliphatic hydroxyl groups excluding tert-OH is 1. The largest absolute Gasteiger partial charge is 0.389 e. The van der Waals surface area contributed by atoms with Crippen molar-refractivity contribution in [3.05, 3.63) is 35.0 Å². The van der Waals surface area contributed by atoms with Crippen molar-refractivity contribution < 1.29 is 5.11 Å². The van der Waals surface area contributed by atoms with Crippen molar-refractivity contribution in [2.75, 3.05) is 6.54 Å². The summed E-state index contributed by atoms with van der Waals surface area (Å²) in [7, 11) is 0. The van der Waals surface area contributed by atoms with Crippen LogP contribution in [0.4, 0.5) is 0 Å². The van der Waals surface area contributed by atoms with Gasteiger partial charge in [-0.25, -0.2) is 0 Å². The highest BCUT2D eigenvalue weighted by Gasteiger charge is 2.27. The molecule has 0 saturated heterocycles. The van der Waals surface area contributed by atoms with Gasteiger partial charge in [-0.3, -0.25) is 4.99 Å². The number of fused-ring (bicyclic) bond motifs is 3. The highest BCUT2D eigenvalue weighted by Crippen LogP contribution is 2.35. The van der Waals surface area contributed by atoms with Crippen LogP contribution in [-0.4, -0.2) is 28.0 Å². The number of benzene rings is 1. The summed E-state index contributed by atoms with van der Waals surface area (Å²) in [5.74, 6) is 0. The molecule has 1 aromatic heterocycles. The quantitative estimate of drug-likeness (QED) is 0.770. The van der Waals surface area contributed by atoms with Gasteiger partial charge in [0.05, 0.1) is 36.1 Å². The Morgan fingerprint density at radius 1 is 1.32 bits per heavy atom. The van der Waals surface area contributed by atoms with Gasteiger partial charge in [-0.05, 0) is 37.3 Å². The fraction of sp³-hybridized carbons (Fsp3) is 0.438. The van der Waals surface area contributed by atoms with Crippen LogP contribution in [-0.2, 0) is 13.0 Å². The first kappa shape index (κ1) is 11.2. The molecule has 1 aliphatic heterocycles. The molecule has 1 aromatic carbocycles. The van der Waals surface area contributed by atoms with E-state index in [1.807, 2.05) is 0 Å². The zero-order chi connectivity index (χ0) is 13.0. The third-order valence-corrected chi connectivity index (χ3v) is 4.39. The number of aliphatic imine (C=N–C) groups is 1. The lowest BCUT2D eigenvalue weighted by Gasteiger charge is -2.16. The highest BCUT2D eigenvalue weighted by atomic mass is 16.3. The van der Waals surface area contributed by atoms with E-state index in [9.17, 15) is 5.11 Å². The maximum atomic E-state index is 10.1. The summed E-state index contributed by atoms with van der Waals surface area (Å²) in [6.07, 6.45) is 3.00. The molecule has 2 aromatic rings. The molecule has 98 valence electrons. The molecule has 1 N–H and O–H groups in total. The summed E-state index contributed by atoms with van der Waals surface area (Å²) < 4.78 is 2.32. The van der Waals surface area contributed by atoms with E-state index < -0.39 is 0 Å². The predicted molar refractivity (Wildman–Crippen MR) is 77.0 cm³/mol. The molecule has 0 radical (unpaired) electrons. The second-order valence-corrected chi connectivity index (χ2v) is 5.70. The molecule has 19 heavy (non-hydrogen) atoms. The van der Waals surface area contributed by atoms with Gasteiger partial charge in [-0.15, -0.1) is 0 Å². The number of hydrogen-bond donors (Lipinski definition) is 1. The van der Waals surface area contributed by atoms with Gasteiger partial charge in [-0.2, -0.15) is 0 Å². The monoisotopic (exact) mass is 254 g/mol. The Morgan fingerprint density at radius 2 is 2.21 bits per heavy atom. The minimum absolute atomic E-state index is 0.364. The maximum absolute atomic E-state index is 10.1. The molecule has 0 spiro atoms. The van der Waals surface area contributed by atoms with Crippen molar-refractivity contribution in [2.45, 2.75) is 38.8 Å². The summed E-state index contributed by atoms with van der Waals surface area (Å²) in [4.78, 5) is 4.65. The van der Waals surface area contributed by atoms with Gasteiger partial charge in [0.15, 0.2) is 0 Å². The molecule has 0 amide bonds. The van der Waals surface area contributed by atoms with Crippen LogP contribution < -0.4 is 0 Å². The molecule has 4 rings (SSSR count). The molecular formula is C16H18N2O. The molecular weight excluding hydrogens is 236 g/mol. The Balaban J connectivity index is 2.14. The van der Waals surface area contributed by atoms with Crippen LogP contribution >= 0.6 is 0 Å². The van der Waals surface area contributed by atoms with Crippen molar-refractivity contribution in [3.63, 3.8) is 0 Å². The summed E-state index contributed by atoms with van der Waals surface area (Å²) in [5, 5.41) is 11.5. The predicted octanol–water partition coefficient (Wildman–Crippen LogP) is 2.45. The van der Waals surface area contributed by atoms with E-state index in [1.54, 1.807) is 0 Å². The summed E-state index contributed by atoms with van der Waals surface area (Å²) in [5.41, 5.74) is 6.53. The molecule has 0 saturated carbocycles. The zero-order valence-corrected chi connectivity index (χ0v) is 11.2.